The highest BCUT2D eigenvalue weighted by atomic mass is 35.5. The van der Waals surface area contributed by atoms with E-state index in [2.05, 4.69) is 20.3 Å². The molecule has 7 nitrogen and oxygen atoms in total. The van der Waals surface area contributed by atoms with Gasteiger partial charge >= 0.3 is 12.5 Å². The van der Waals surface area contributed by atoms with Crippen molar-refractivity contribution in [2.45, 2.75) is 50.1 Å². The molecular formula is C31H29Cl2F4N3O4. The molecule has 1 spiro atoms. The van der Waals surface area contributed by atoms with Gasteiger partial charge in [-0.15, -0.1) is 13.2 Å². The molecule has 234 valence electrons. The van der Waals surface area contributed by atoms with Gasteiger partial charge in [0.25, 0.3) is 0 Å². The number of ether oxygens (including phenoxy) is 2. The van der Waals surface area contributed by atoms with E-state index >= 15 is 0 Å². The minimum Gasteiger partial charge on any atom is -0.438 e. The smallest absolute Gasteiger partial charge is 0.438 e. The SMILES string of the molecule is O=C1Nc2ccc(F)cc2C2(CCN(CCCC(C(=O)NCc3ccc(OC(F)(F)F)cc3)c3ccc(Cl)c(Cl)c3)CC2)O1. The maximum absolute atomic E-state index is 14.1. The zero-order valence-corrected chi connectivity index (χ0v) is 24.9. The summed E-state index contributed by atoms with van der Waals surface area (Å²) in [4.78, 5) is 27.8. The van der Waals surface area contributed by atoms with Gasteiger partial charge in [0.2, 0.25) is 5.91 Å². The van der Waals surface area contributed by atoms with Gasteiger partial charge in [0, 0.05) is 38.0 Å². The van der Waals surface area contributed by atoms with Crippen LogP contribution in [0.2, 0.25) is 10.0 Å². The molecule has 2 aliphatic rings. The highest BCUT2D eigenvalue weighted by Gasteiger charge is 2.44. The first-order valence-corrected chi connectivity index (χ1v) is 14.8. The number of amides is 2. The van der Waals surface area contributed by atoms with Gasteiger partial charge in [-0.25, -0.2) is 9.18 Å². The van der Waals surface area contributed by atoms with Crippen molar-refractivity contribution in [1.29, 1.82) is 0 Å². The summed E-state index contributed by atoms with van der Waals surface area (Å²) in [6.45, 7) is 2.00. The number of hydrogen-bond acceptors (Lipinski definition) is 5. The van der Waals surface area contributed by atoms with Crippen LogP contribution < -0.4 is 15.4 Å². The van der Waals surface area contributed by atoms with E-state index in [1.807, 2.05) is 0 Å². The van der Waals surface area contributed by atoms with Crippen molar-refractivity contribution < 1.29 is 36.6 Å². The molecule has 3 aromatic carbocycles. The number of alkyl halides is 3. The fourth-order valence-electron chi connectivity index (χ4n) is 5.70. The number of halogens is 6. The second-order valence-corrected chi connectivity index (χ2v) is 11.6. The number of anilines is 1. The summed E-state index contributed by atoms with van der Waals surface area (Å²) in [7, 11) is 0. The van der Waals surface area contributed by atoms with Gasteiger partial charge in [0.15, 0.2) is 0 Å². The summed E-state index contributed by atoms with van der Waals surface area (Å²) in [6.07, 6.45) is -3.21. The summed E-state index contributed by atoms with van der Waals surface area (Å²) in [5, 5.41) is 6.18. The molecule has 2 aliphatic heterocycles. The molecule has 5 rings (SSSR count). The van der Waals surface area contributed by atoms with Crippen LogP contribution >= 0.6 is 23.2 Å². The number of likely N-dealkylation sites (tertiary alicyclic amines) is 1. The van der Waals surface area contributed by atoms with Crippen LogP contribution in [0.5, 0.6) is 5.75 Å². The topological polar surface area (TPSA) is 79.9 Å². The lowest BCUT2D eigenvalue weighted by molar-refractivity contribution is -0.274. The Kier molecular flexibility index (Phi) is 9.57. The Bertz CT molecular complexity index is 1510. The van der Waals surface area contributed by atoms with Crippen molar-refractivity contribution in [2.24, 2.45) is 0 Å². The molecule has 44 heavy (non-hydrogen) atoms. The Morgan fingerprint density at radius 2 is 1.77 bits per heavy atom. The van der Waals surface area contributed by atoms with E-state index in [1.54, 1.807) is 24.3 Å². The number of carbonyl (C=O) groups is 2. The largest absolute Gasteiger partial charge is 0.573 e. The van der Waals surface area contributed by atoms with E-state index in [0.29, 0.717) is 77.7 Å². The zero-order chi connectivity index (χ0) is 31.5. The molecule has 0 radical (unpaired) electrons. The quantitative estimate of drug-likeness (QED) is 0.231. The molecule has 0 aromatic heterocycles. The van der Waals surface area contributed by atoms with Crippen molar-refractivity contribution in [2.75, 3.05) is 25.0 Å². The van der Waals surface area contributed by atoms with Crippen LogP contribution in [0.25, 0.3) is 0 Å². The van der Waals surface area contributed by atoms with Gasteiger partial charge in [-0.3, -0.25) is 10.1 Å². The first kappa shape index (κ1) is 31.9. The Hall–Kier alpha value is -3.54. The van der Waals surface area contributed by atoms with Crippen molar-refractivity contribution >= 4 is 40.9 Å². The van der Waals surface area contributed by atoms with Crippen LogP contribution in [0.4, 0.5) is 28.0 Å². The summed E-state index contributed by atoms with van der Waals surface area (Å²) >= 11 is 12.4. The highest BCUT2D eigenvalue weighted by molar-refractivity contribution is 6.42. The second-order valence-electron chi connectivity index (χ2n) is 10.8. The van der Waals surface area contributed by atoms with Crippen molar-refractivity contribution in [3.63, 3.8) is 0 Å². The van der Waals surface area contributed by atoms with Gasteiger partial charge in [0.05, 0.1) is 21.7 Å². The van der Waals surface area contributed by atoms with E-state index in [0.717, 1.165) is 0 Å². The molecule has 1 unspecified atom stereocenters. The Balaban J connectivity index is 1.19. The van der Waals surface area contributed by atoms with E-state index in [4.69, 9.17) is 27.9 Å². The summed E-state index contributed by atoms with van der Waals surface area (Å²) in [5.41, 5.74) is 1.58. The predicted octanol–water partition coefficient (Wildman–Crippen LogP) is 7.76. The lowest BCUT2D eigenvalue weighted by Gasteiger charge is -2.44. The van der Waals surface area contributed by atoms with Crippen molar-refractivity contribution in [1.82, 2.24) is 10.2 Å². The van der Waals surface area contributed by atoms with E-state index in [1.165, 1.54) is 36.4 Å². The molecule has 2 N–H and O–H groups in total. The van der Waals surface area contributed by atoms with E-state index in [9.17, 15) is 27.2 Å². The lowest BCUT2D eigenvalue weighted by atomic mass is 9.82. The van der Waals surface area contributed by atoms with Crippen LogP contribution in [-0.2, 0) is 21.7 Å². The fourth-order valence-corrected chi connectivity index (χ4v) is 6.00. The first-order chi connectivity index (χ1) is 20.9. The molecule has 0 saturated carbocycles. The number of hydrogen-bond donors (Lipinski definition) is 2. The molecule has 13 heteroatoms. The third-order valence-corrected chi connectivity index (χ3v) is 8.65. The fraction of sp³-hybridized carbons (Fsp3) is 0.355. The zero-order valence-electron chi connectivity index (χ0n) is 23.4. The number of piperidine rings is 1. The number of carbonyl (C=O) groups excluding carboxylic acids is 2. The van der Waals surface area contributed by atoms with Gasteiger partial charge < -0.3 is 19.7 Å². The van der Waals surface area contributed by atoms with Crippen molar-refractivity contribution in [3.05, 3.63) is 93.2 Å². The molecule has 1 atom stereocenters. The van der Waals surface area contributed by atoms with Crippen LogP contribution in [0.3, 0.4) is 0 Å². The van der Waals surface area contributed by atoms with Gasteiger partial charge in [-0.1, -0.05) is 41.4 Å². The Morgan fingerprint density at radius 1 is 1.05 bits per heavy atom. The lowest BCUT2D eigenvalue weighted by Crippen LogP contribution is -2.48. The molecule has 0 aliphatic carbocycles. The van der Waals surface area contributed by atoms with Crippen LogP contribution in [0, 0.1) is 5.82 Å². The first-order valence-electron chi connectivity index (χ1n) is 14.0. The van der Waals surface area contributed by atoms with Crippen LogP contribution in [0.1, 0.15) is 48.3 Å². The molecule has 1 saturated heterocycles. The van der Waals surface area contributed by atoms with Crippen molar-refractivity contribution in [3.8, 4) is 5.75 Å². The number of benzene rings is 3. The standard InChI is InChI=1S/C31H29Cl2F4N3O4/c32-25-9-5-20(16-26(25)33)23(28(41)38-18-19-3-7-22(8-4-19)43-31(35,36)37)2-1-13-40-14-11-30(12-15-40)24-17-21(34)6-10-27(24)39-29(42)44-30/h3-10,16-17,23H,1-2,11-15,18H2,(H,38,41)(H,39,42). The second kappa shape index (κ2) is 13.2. The molecule has 3 aromatic rings. The molecule has 2 heterocycles. The maximum atomic E-state index is 14.1. The normalized spacial score (nSPS) is 16.9. The van der Waals surface area contributed by atoms with Crippen LogP contribution in [-0.4, -0.2) is 42.9 Å². The van der Waals surface area contributed by atoms with E-state index in [-0.39, 0.29) is 18.2 Å². The third kappa shape index (κ3) is 7.75. The minimum atomic E-state index is -4.79. The monoisotopic (exact) mass is 653 g/mol. The van der Waals surface area contributed by atoms with Gasteiger partial charge in [-0.05, 0) is 73.0 Å². The Morgan fingerprint density at radius 3 is 2.45 bits per heavy atom. The number of nitrogens with zero attached hydrogens (tertiary/aromatic N) is 1. The number of fused-ring (bicyclic) bond motifs is 2. The molecule has 1 fully saturated rings. The van der Waals surface area contributed by atoms with Gasteiger partial charge in [0.1, 0.15) is 17.2 Å². The average Bonchev–Trinajstić information content (AvgIpc) is 2.97. The van der Waals surface area contributed by atoms with Crippen LogP contribution in [0.15, 0.2) is 60.7 Å². The number of nitrogens with one attached hydrogen (secondary N) is 2. The van der Waals surface area contributed by atoms with E-state index < -0.39 is 29.8 Å². The summed E-state index contributed by atoms with van der Waals surface area (Å²) < 4.78 is 61.0. The predicted molar refractivity (Wildman–Crippen MR) is 157 cm³/mol. The Labute approximate surface area is 261 Å². The molecule has 0 bridgehead atoms. The average molecular weight is 654 g/mol. The molecule has 2 amide bonds. The summed E-state index contributed by atoms with van der Waals surface area (Å²) in [6, 6.07) is 14.6. The summed E-state index contributed by atoms with van der Waals surface area (Å²) in [5.74, 6) is -1.57. The van der Waals surface area contributed by atoms with Gasteiger partial charge in [-0.2, -0.15) is 0 Å². The highest BCUT2D eigenvalue weighted by Crippen LogP contribution is 2.44. The number of rotatable bonds is 9. The molecular weight excluding hydrogens is 625 g/mol. The minimum absolute atomic E-state index is 0.104. The maximum Gasteiger partial charge on any atom is 0.573 e. The third-order valence-electron chi connectivity index (χ3n) is 7.91.